The Bertz CT molecular complexity index is 1320. The fourth-order valence-corrected chi connectivity index (χ4v) is 4.46. The highest BCUT2D eigenvalue weighted by molar-refractivity contribution is 5.94. The zero-order chi connectivity index (χ0) is 22.1. The van der Waals surface area contributed by atoms with Crippen LogP contribution in [0.25, 0.3) is 17.0 Å². The van der Waals surface area contributed by atoms with Gasteiger partial charge >= 0.3 is 5.97 Å². The number of aromatic carboxylic acids is 1. The number of fused-ring (bicyclic) bond motifs is 3. The Morgan fingerprint density at radius 3 is 2.41 bits per heavy atom. The predicted octanol–water partition coefficient (Wildman–Crippen LogP) is 5.05. The summed E-state index contributed by atoms with van der Waals surface area (Å²) in [5, 5.41) is 10.3. The van der Waals surface area contributed by atoms with Crippen molar-refractivity contribution in [1.29, 1.82) is 0 Å². The Kier molecular flexibility index (Phi) is 5.07. The molecule has 1 amide bonds. The lowest BCUT2D eigenvalue weighted by atomic mass is 9.92. The highest BCUT2D eigenvalue weighted by Gasteiger charge is 2.33. The van der Waals surface area contributed by atoms with E-state index in [1.54, 1.807) is 24.3 Å². The third kappa shape index (κ3) is 3.58. The number of H-pyrrole nitrogens is 1. The van der Waals surface area contributed by atoms with Gasteiger partial charge in [-0.25, -0.2) is 4.79 Å². The lowest BCUT2D eigenvalue weighted by molar-refractivity contribution is -0.128. The first-order valence-corrected chi connectivity index (χ1v) is 10.6. The van der Waals surface area contributed by atoms with E-state index >= 15 is 0 Å². The molecule has 3 aromatic carbocycles. The van der Waals surface area contributed by atoms with Crippen LogP contribution in [0.5, 0.6) is 0 Å². The molecule has 1 aromatic heterocycles. The maximum Gasteiger partial charge on any atom is 0.335 e. The molecule has 1 unspecified atom stereocenters. The molecule has 0 radical (unpaired) electrons. The van der Waals surface area contributed by atoms with Gasteiger partial charge in [-0.1, -0.05) is 60.7 Å². The number of carbonyl (C=O) groups excluding carboxylic acids is 1. The molecule has 1 aliphatic rings. The van der Waals surface area contributed by atoms with E-state index in [0.717, 1.165) is 28.8 Å². The van der Waals surface area contributed by atoms with E-state index in [9.17, 15) is 9.59 Å². The number of nitrogens with one attached hydrogen (secondary N) is 1. The summed E-state index contributed by atoms with van der Waals surface area (Å²) in [6.45, 7) is 0.621. The largest absolute Gasteiger partial charge is 0.478 e. The summed E-state index contributed by atoms with van der Waals surface area (Å²) in [6.07, 6.45) is 4.09. The SMILES string of the molecule is O=C(O)c1ccc(/C=C/C(=O)N2CCc3c([nH]c4ccccc34)C2c2ccccc2)cc1. The normalized spacial score (nSPS) is 15.8. The van der Waals surface area contributed by atoms with Crippen molar-refractivity contribution in [3.8, 4) is 0 Å². The number of rotatable bonds is 4. The van der Waals surface area contributed by atoms with Gasteiger partial charge in [-0.2, -0.15) is 0 Å². The van der Waals surface area contributed by atoms with E-state index in [1.165, 1.54) is 23.1 Å². The Morgan fingerprint density at radius 2 is 1.66 bits per heavy atom. The van der Waals surface area contributed by atoms with Crippen molar-refractivity contribution in [3.63, 3.8) is 0 Å². The zero-order valence-corrected chi connectivity index (χ0v) is 17.4. The second kappa shape index (κ2) is 8.19. The maximum absolute atomic E-state index is 13.3. The Balaban J connectivity index is 1.49. The summed E-state index contributed by atoms with van der Waals surface area (Å²) < 4.78 is 0. The molecule has 1 aliphatic heterocycles. The molecule has 2 N–H and O–H groups in total. The zero-order valence-electron chi connectivity index (χ0n) is 17.4. The highest BCUT2D eigenvalue weighted by atomic mass is 16.4. The number of carboxylic acid groups (broad SMARTS) is 1. The number of aromatic amines is 1. The first-order valence-electron chi connectivity index (χ1n) is 10.6. The van der Waals surface area contributed by atoms with Crippen molar-refractivity contribution in [2.45, 2.75) is 12.5 Å². The van der Waals surface area contributed by atoms with Gasteiger partial charge in [0.15, 0.2) is 0 Å². The van der Waals surface area contributed by atoms with Crippen LogP contribution in [0.1, 0.15) is 38.8 Å². The second-order valence-corrected chi connectivity index (χ2v) is 7.92. The van der Waals surface area contributed by atoms with Gasteiger partial charge in [0.2, 0.25) is 5.91 Å². The van der Waals surface area contributed by atoms with Crippen LogP contribution in [0.2, 0.25) is 0 Å². The molecule has 0 aliphatic carbocycles. The Morgan fingerprint density at radius 1 is 0.938 bits per heavy atom. The van der Waals surface area contributed by atoms with Gasteiger partial charge in [0.25, 0.3) is 0 Å². The first kappa shape index (κ1) is 19.8. The number of hydrogen-bond donors (Lipinski definition) is 2. The average Bonchev–Trinajstić information content (AvgIpc) is 3.21. The van der Waals surface area contributed by atoms with E-state index in [2.05, 4.69) is 29.2 Å². The summed E-state index contributed by atoms with van der Waals surface area (Å²) in [4.78, 5) is 29.8. The van der Waals surface area contributed by atoms with Gasteiger partial charge in [0.05, 0.1) is 11.6 Å². The fraction of sp³-hybridized carbons (Fsp3) is 0.111. The van der Waals surface area contributed by atoms with Gasteiger partial charge in [0.1, 0.15) is 0 Å². The third-order valence-corrected chi connectivity index (χ3v) is 6.01. The summed E-state index contributed by atoms with van der Waals surface area (Å²) in [5.41, 5.74) is 5.49. The van der Waals surface area contributed by atoms with E-state index in [1.807, 2.05) is 35.2 Å². The number of carbonyl (C=O) groups is 2. The fourth-order valence-electron chi connectivity index (χ4n) is 4.46. The first-order chi connectivity index (χ1) is 15.6. The number of amides is 1. The van der Waals surface area contributed by atoms with E-state index in [-0.39, 0.29) is 17.5 Å². The summed E-state index contributed by atoms with van der Waals surface area (Å²) in [6, 6.07) is 24.6. The monoisotopic (exact) mass is 422 g/mol. The average molecular weight is 422 g/mol. The van der Waals surface area contributed by atoms with Crippen LogP contribution in [-0.2, 0) is 11.2 Å². The molecule has 0 saturated heterocycles. The van der Waals surface area contributed by atoms with Crippen molar-refractivity contribution >= 4 is 28.9 Å². The minimum atomic E-state index is -0.968. The van der Waals surface area contributed by atoms with Crippen molar-refractivity contribution in [3.05, 3.63) is 113 Å². The van der Waals surface area contributed by atoms with Crippen LogP contribution in [-0.4, -0.2) is 33.4 Å². The quantitative estimate of drug-likeness (QED) is 0.452. The van der Waals surface area contributed by atoms with Gasteiger partial charge in [-0.3, -0.25) is 4.79 Å². The smallest absolute Gasteiger partial charge is 0.335 e. The molecule has 2 heterocycles. The summed E-state index contributed by atoms with van der Waals surface area (Å²) in [5.74, 6) is -1.05. The lowest BCUT2D eigenvalue weighted by Crippen LogP contribution is -2.39. The van der Waals surface area contributed by atoms with Crippen molar-refractivity contribution in [2.24, 2.45) is 0 Å². The number of aromatic nitrogens is 1. The van der Waals surface area contributed by atoms with Gasteiger partial charge in [0, 0.05) is 29.2 Å². The molecule has 0 saturated carbocycles. The maximum atomic E-state index is 13.3. The number of hydrogen-bond acceptors (Lipinski definition) is 2. The standard InChI is InChI=1S/C27H22N2O3/c30-24(15-12-18-10-13-20(14-11-18)27(31)32)29-17-16-22-21-8-4-5-9-23(21)28-25(22)26(29)19-6-2-1-3-7-19/h1-15,26,28H,16-17H2,(H,31,32)/b15-12+. The number of carboxylic acids is 1. The second-order valence-electron chi connectivity index (χ2n) is 7.92. The van der Waals surface area contributed by atoms with E-state index in [0.29, 0.717) is 6.54 Å². The molecule has 0 spiro atoms. The van der Waals surface area contributed by atoms with Gasteiger partial charge < -0.3 is 15.0 Å². The molecule has 158 valence electrons. The summed E-state index contributed by atoms with van der Waals surface area (Å²) >= 11 is 0. The lowest BCUT2D eigenvalue weighted by Gasteiger charge is -2.35. The molecule has 5 heteroatoms. The van der Waals surface area contributed by atoms with Crippen LogP contribution in [0.4, 0.5) is 0 Å². The third-order valence-electron chi connectivity index (χ3n) is 6.01. The highest BCUT2D eigenvalue weighted by Crippen LogP contribution is 2.38. The van der Waals surface area contributed by atoms with Crippen LogP contribution in [0, 0.1) is 0 Å². The number of nitrogens with zero attached hydrogens (tertiary/aromatic N) is 1. The molecule has 0 fully saturated rings. The molecule has 4 aromatic rings. The van der Waals surface area contributed by atoms with E-state index < -0.39 is 5.97 Å². The molecule has 0 bridgehead atoms. The minimum Gasteiger partial charge on any atom is -0.478 e. The van der Waals surface area contributed by atoms with Gasteiger partial charge in [-0.15, -0.1) is 0 Å². The van der Waals surface area contributed by atoms with Crippen LogP contribution < -0.4 is 0 Å². The van der Waals surface area contributed by atoms with Crippen molar-refractivity contribution < 1.29 is 14.7 Å². The minimum absolute atomic E-state index is 0.0783. The van der Waals surface area contributed by atoms with Gasteiger partial charge in [-0.05, 0) is 47.4 Å². The number of benzene rings is 3. The topological polar surface area (TPSA) is 73.4 Å². The number of para-hydroxylation sites is 1. The summed E-state index contributed by atoms with van der Waals surface area (Å²) in [7, 11) is 0. The van der Waals surface area contributed by atoms with Crippen LogP contribution in [0.3, 0.4) is 0 Å². The Labute approximate surface area is 185 Å². The predicted molar refractivity (Wildman–Crippen MR) is 124 cm³/mol. The van der Waals surface area contributed by atoms with Crippen LogP contribution >= 0.6 is 0 Å². The molecule has 5 nitrogen and oxygen atoms in total. The van der Waals surface area contributed by atoms with Crippen LogP contribution in [0.15, 0.2) is 84.9 Å². The molecule has 1 atom stereocenters. The molecule has 5 rings (SSSR count). The Hall–Kier alpha value is -4.12. The van der Waals surface area contributed by atoms with Crippen molar-refractivity contribution in [2.75, 3.05) is 6.54 Å². The van der Waals surface area contributed by atoms with Crippen molar-refractivity contribution in [1.82, 2.24) is 9.88 Å². The van der Waals surface area contributed by atoms with E-state index in [4.69, 9.17) is 5.11 Å². The molecular weight excluding hydrogens is 400 g/mol. The molecule has 32 heavy (non-hydrogen) atoms. The molecular formula is C27H22N2O3.